The topological polar surface area (TPSA) is 114 Å². The first-order valence-corrected chi connectivity index (χ1v) is 7.99. The van der Waals surface area contributed by atoms with Crippen LogP contribution in [0.25, 0.3) is 0 Å². The van der Waals surface area contributed by atoms with Crippen molar-refractivity contribution in [2.24, 2.45) is 0 Å². The van der Waals surface area contributed by atoms with E-state index in [4.69, 9.17) is 0 Å². The predicted molar refractivity (Wildman–Crippen MR) is 91.2 cm³/mol. The highest BCUT2D eigenvalue weighted by Gasteiger charge is 2.18. The molecule has 0 aliphatic rings. The van der Waals surface area contributed by atoms with Crippen molar-refractivity contribution >= 4 is 39.7 Å². The SMILES string of the molecule is Cc1cc(NC(=O)CCC(=O)Nc2nccs2)c([N+](=O)[O-])cc1C. The van der Waals surface area contributed by atoms with E-state index in [0.29, 0.717) is 5.13 Å². The second kappa shape index (κ2) is 7.64. The summed E-state index contributed by atoms with van der Waals surface area (Å²) in [5.41, 5.74) is 1.56. The number of thiazole rings is 1. The zero-order chi connectivity index (χ0) is 17.7. The molecule has 0 spiro atoms. The van der Waals surface area contributed by atoms with Gasteiger partial charge >= 0.3 is 0 Å². The first-order chi connectivity index (χ1) is 11.4. The average Bonchev–Trinajstić information content (AvgIpc) is 3.01. The Labute approximate surface area is 142 Å². The van der Waals surface area contributed by atoms with E-state index in [1.165, 1.54) is 17.4 Å². The fourth-order valence-electron chi connectivity index (χ4n) is 1.96. The number of benzene rings is 1. The molecule has 1 aromatic carbocycles. The number of aromatic nitrogens is 1. The van der Waals surface area contributed by atoms with Gasteiger partial charge in [-0.15, -0.1) is 11.3 Å². The zero-order valence-electron chi connectivity index (χ0n) is 13.2. The molecule has 0 unspecified atom stereocenters. The molecule has 2 aromatic rings. The number of nitro groups is 1. The lowest BCUT2D eigenvalue weighted by Gasteiger charge is -2.09. The molecule has 126 valence electrons. The van der Waals surface area contributed by atoms with Crippen LogP contribution < -0.4 is 10.6 Å². The van der Waals surface area contributed by atoms with Gasteiger partial charge in [-0.1, -0.05) is 0 Å². The Morgan fingerprint density at radius 1 is 1.17 bits per heavy atom. The summed E-state index contributed by atoms with van der Waals surface area (Å²) in [4.78, 5) is 38.1. The molecule has 0 saturated carbocycles. The Hall–Kier alpha value is -2.81. The Kier molecular flexibility index (Phi) is 5.59. The third kappa shape index (κ3) is 4.59. The molecule has 9 heteroatoms. The molecule has 2 amide bonds. The Bertz CT molecular complexity index is 774. The van der Waals surface area contributed by atoms with Crippen molar-refractivity contribution in [1.29, 1.82) is 0 Å². The minimum atomic E-state index is -0.544. The molecular weight excluding hydrogens is 332 g/mol. The Morgan fingerprint density at radius 3 is 2.38 bits per heavy atom. The normalized spacial score (nSPS) is 10.2. The van der Waals surface area contributed by atoms with Gasteiger partial charge in [0.05, 0.1) is 4.92 Å². The molecule has 2 rings (SSSR count). The number of nitro benzene ring substituents is 1. The number of amides is 2. The molecular formula is C15H16N4O4S. The fourth-order valence-corrected chi connectivity index (χ4v) is 2.50. The van der Waals surface area contributed by atoms with Gasteiger partial charge in [-0.2, -0.15) is 0 Å². The van der Waals surface area contributed by atoms with Gasteiger partial charge < -0.3 is 10.6 Å². The van der Waals surface area contributed by atoms with Crippen LogP contribution in [0.1, 0.15) is 24.0 Å². The van der Waals surface area contributed by atoms with Gasteiger partial charge in [-0.3, -0.25) is 19.7 Å². The van der Waals surface area contributed by atoms with Crippen molar-refractivity contribution in [2.75, 3.05) is 10.6 Å². The van der Waals surface area contributed by atoms with Crippen LogP contribution in [0.5, 0.6) is 0 Å². The number of carbonyl (C=O) groups excluding carboxylic acids is 2. The van der Waals surface area contributed by atoms with E-state index in [1.807, 2.05) is 0 Å². The van der Waals surface area contributed by atoms with Crippen LogP contribution in [0, 0.1) is 24.0 Å². The number of hydrogen-bond donors (Lipinski definition) is 2. The molecule has 0 bridgehead atoms. The van der Waals surface area contributed by atoms with Crippen molar-refractivity contribution in [3.8, 4) is 0 Å². The van der Waals surface area contributed by atoms with Crippen LogP contribution in [0.15, 0.2) is 23.7 Å². The van der Waals surface area contributed by atoms with Crippen LogP contribution in [-0.2, 0) is 9.59 Å². The smallest absolute Gasteiger partial charge is 0.293 e. The number of nitrogens with one attached hydrogen (secondary N) is 2. The molecule has 0 radical (unpaired) electrons. The highest BCUT2D eigenvalue weighted by molar-refractivity contribution is 7.13. The molecule has 8 nitrogen and oxygen atoms in total. The van der Waals surface area contributed by atoms with Crippen LogP contribution in [0.3, 0.4) is 0 Å². The standard InChI is InChI=1S/C15H16N4O4S/c1-9-7-11(12(19(22)23)8-10(9)2)17-13(20)3-4-14(21)18-15-16-5-6-24-15/h5-8H,3-4H2,1-2H3,(H,17,20)(H,16,18,21). The summed E-state index contributed by atoms with van der Waals surface area (Å²) in [7, 11) is 0. The summed E-state index contributed by atoms with van der Waals surface area (Å²) in [6.07, 6.45) is 1.44. The summed E-state index contributed by atoms with van der Waals surface area (Å²) in [6, 6.07) is 2.97. The number of rotatable bonds is 6. The molecule has 1 heterocycles. The summed E-state index contributed by atoms with van der Waals surface area (Å²) in [5, 5.41) is 18.3. The van der Waals surface area contributed by atoms with E-state index in [-0.39, 0.29) is 30.1 Å². The lowest BCUT2D eigenvalue weighted by atomic mass is 10.1. The molecule has 0 atom stereocenters. The minimum Gasteiger partial charge on any atom is -0.320 e. The van der Waals surface area contributed by atoms with E-state index >= 15 is 0 Å². The molecule has 0 aliphatic carbocycles. The third-order valence-corrected chi connectivity index (χ3v) is 4.03. The summed E-state index contributed by atoms with van der Waals surface area (Å²) in [6.45, 7) is 3.56. The van der Waals surface area contributed by atoms with Crippen molar-refractivity contribution in [3.63, 3.8) is 0 Å². The number of nitrogens with zero attached hydrogens (tertiary/aromatic N) is 2. The van der Waals surface area contributed by atoms with Crippen molar-refractivity contribution in [2.45, 2.75) is 26.7 Å². The van der Waals surface area contributed by atoms with Gasteiger partial charge in [0.1, 0.15) is 5.69 Å². The van der Waals surface area contributed by atoms with Crippen LogP contribution in [-0.4, -0.2) is 21.7 Å². The Morgan fingerprint density at radius 2 is 1.79 bits per heavy atom. The molecule has 2 N–H and O–H groups in total. The minimum absolute atomic E-state index is 0.0376. The van der Waals surface area contributed by atoms with Gasteiger partial charge in [0.25, 0.3) is 5.69 Å². The van der Waals surface area contributed by atoms with Crippen LogP contribution >= 0.6 is 11.3 Å². The summed E-state index contributed by atoms with van der Waals surface area (Å²) in [5.74, 6) is -0.801. The quantitative estimate of drug-likeness (QED) is 0.615. The summed E-state index contributed by atoms with van der Waals surface area (Å²) < 4.78 is 0. The largest absolute Gasteiger partial charge is 0.320 e. The first kappa shape index (κ1) is 17.5. The molecule has 0 fully saturated rings. The van der Waals surface area contributed by atoms with Gasteiger partial charge in [0.15, 0.2) is 5.13 Å². The maximum Gasteiger partial charge on any atom is 0.293 e. The second-order valence-electron chi connectivity index (χ2n) is 5.14. The van der Waals surface area contributed by atoms with Gasteiger partial charge in [0.2, 0.25) is 11.8 Å². The maximum atomic E-state index is 12.0. The van der Waals surface area contributed by atoms with Crippen molar-refractivity contribution in [3.05, 3.63) is 45.0 Å². The van der Waals surface area contributed by atoms with E-state index in [9.17, 15) is 19.7 Å². The van der Waals surface area contributed by atoms with E-state index in [1.54, 1.807) is 31.5 Å². The lowest BCUT2D eigenvalue weighted by molar-refractivity contribution is -0.384. The second-order valence-corrected chi connectivity index (χ2v) is 6.04. The lowest BCUT2D eigenvalue weighted by Crippen LogP contribution is -2.18. The summed E-state index contributed by atoms with van der Waals surface area (Å²) >= 11 is 1.28. The average molecular weight is 348 g/mol. The van der Waals surface area contributed by atoms with Gasteiger partial charge in [0, 0.05) is 30.5 Å². The van der Waals surface area contributed by atoms with Crippen molar-refractivity contribution in [1.82, 2.24) is 4.98 Å². The van der Waals surface area contributed by atoms with E-state index in [0.717, 1.165) is 11.1 Å². The molecule has 0 saturated heterocycles. The number of carbonyl (C=O) groups is 2. The van der Waals surface area contributed by atoms with Crippen LogP contribution in [0.4, 0.5) is 16.5 Å². The molecule has 24 heavy (non-hydrogen) atoms. The number of hydrogen-bond acceptors (Lipinski definition) is 6. The first-order valence-electron chi connectivity index (χ1n) is 7.11. The monoisotopic (exact) mass is 348 g/mol. The highest BCUT2D eigenvalue weighted by atomic mass is 32.1. The zero-order valence-corrected chi connectivity index (χ0v) is 14.0. The van der Waals surface area contributed by atoms with Gasteiger partial charge in [-0.25, -0.2) is 4.98 Å². The van der Waals surface area contributed by atoms with E-state index < -0.39 is 10.8 Å². The van der Waals surface area contributed by atoms with Gasteiger partial charge in [-0.05, 0) is 31.0 Å². The van der Waals surface area contributed by atoms with E-state index in [2.05, 4.69) is 15.6 Å². The Balaban J connectivity index is 1.96. The predicted octanol–water partition coefficient (Wildman–Crippen LogP) is 3.03. The number of aryl methyl sites for hydroxylation is 2. The van der Waals surface area contributed by atoms with Crippen molar-refractivity contribution < 1.29 is 14.5 Å². The van der Waals surface area contributed by atoms with Crippen LogP contribution in [0.2, 0.25) is 0 Å². The highest BCUT2D eigenvalue weighted by Crippen LogP contribution is 2.28. The molecule has 0 aliphatic heterocycles. The molecule has 1 aromatic heterocycles. The fraction of sp³-hybridized carbons (Fsp3) is 0.267. The third-order valence-electron chi connectivity index (χ3n) is 3.34. The maximum absolute atomic E-state index is 12.0. The number of anilines is 2.